The molecule has 1 amide bonds. The van der Waals surface area contributed by atoms with Gasteiger partial charge in [0, 0.05) is 35.3 Å². The van der Waals surface area contributed by atoms with E-state index in [1.807, 2.05) is 49.4 Å². The summed E-state index contributed by atoms with van der Waals surface area (Å²) >= 11 is 9.73. The van der Waals surface area contributed by atoms with E-state index in [0.29, 0.717) is 24.0 Å². The highest BCUT2D eigenvalue weighted by Gasteiger charge is 2.20. The van der Waals surface area contributed by atoms with Gasteiger partial charge in [-0.05, 0) is 43.2 Å². The number of rotatable bonds is 7. The van der Waals surface area contributed by atoms with Crippen LogP contribution in [0, 0.1) is 6.92 Å². The Hall–Kier alpha value is -2.22. The van der Waals surface area contributed by atoms with Crippen LogP contribution >= 0.6 is 27.5 Å². The number of hydrogen-bond donors (Lipinski definition) is 1. The fourth-order valence-electron chi connectivity index (χ4n) is 2.69. The van der Waals surface area contributed by atoms with Gasteiger partial charge in [0.2, 0.25) is 5.82 Å². The van der Waals surface area contributed by atoms with E-state index in [9.17, 15) is 4.79 Å². The van der Waals surface area contributed by atoms with Crippen LogP contribution in [0.1, 0.15) is 22.6 Å². The molecule has 1 aromatic heterocycles. The van der Waals surface area contributed by atoms with E-state index in [4.69, 9.17) is 16.3 Å². The summed E-state index contributed by atoms with van der Waals surface area (Å²) in [5, 5.41) is 7.92. The van der Waals surface area contributed by atoms with Crippen LogP contribution < -0.4 is 5.32 Å². The third-order valence-electron chi connectivity index (χ3n) is 4.19. The van der Waals surface area contributed by atoms with Gasteiger partial charge in [0.1, 0.15) is 0 Å². The summed E-state index contributed by atoms with van der Waals surface area (Å²) in [7, 11) is 1.63. The molecule has 146 valence electrons. The Morgan fingerprint density at radius 2 is 2.00 bits per heavy atom. The summed E-state index contributed by atoms with van der Waals surface area (Å²) in [5.74, 6) is 0.350. The lowest BCUT2D eigenvalue weighted by Gasteiger charge is -2.10. The van der Waals surface area contributed by atoms with Gasteiger partial charge >= 0.3 is 0 Å². The summed E-state index contributed by atoms with van der Waals surface area (Å²) in [5.41, 5.74) is 2.48. The zero-order valence-corrected chi connectivity index (χ0v) is 17.9. The van der Waals surface area contributed by atoms with Crippen molar-refractivity contribution < 1.29 is 9.53 Å². The number of carbonyl (C=O) groups is 1. The van der Waals surface area contributed by atoms with Gasteiger partial charge in [-0.2, -0.15) is 0 Å². The highest BCUT2D eigenvalue weighted by molar-refractivity contribution is 9.10. The van der Waals surface area contributed by atoms with Gasteiger partial charge in [-0.15, -0.1) is 5.10 Å². The smallest absolute Gasteiger partial charge is 0.290 e. The second kappa shape index (κ2) is 9.32. The molecule has 3 rings (SSSR count). The van der Waals surface area contributed by atoms with Crippen molar-refractivity contribution in [2.75, 3.05) is 20.3 Å². The van der Waals surface area contributed by atoms with Crippen molar-refractivity contribution in [1.82, 2.24) is 20.1 Å². The number of methoxy groups -OCH3 is 1. The first-order valence-electron chi connectivity index (χ1n) is 8.77. The molecule has 0 aliphatic carbocycles. The van der Waals surface area contributed by atoms with E-state index in [1.54, 1.807) is 11.8 Å². The van der Waals surface area contributed by atoms with Crippen LogP contribution in [0.2, 0.25) is 5.02 Å². The number of nitrogens with zero attached hydrogens (tertiary/aromatic N) is 3. The average Bonchev–Trinajstić information content (AvgIpc) is 3.13. The highest BCUT2D eigenvalue weighted by Crippen LogP contribution is 2.27. The number of ether oxygens (including phenoxy) is 1. The Morgan fingerprint density at radius 1 is 1.25 bits per heavy atom. The maximum atomic E-state index is 12.5. The van der Waals surface area contributed by atoms with Crippen molar-refractivity contribution in [1.29, 1.82) is 0 Å². The first-order valence-corrected chi connectivity index (χ1v) is 9.94. The molecule has 1 N–H and O–H groups in total. The Morgan fingerprint density at radius 3 is 2.71 bits per heavy atom. The van der Waals surface area contributed by atoms with E-state index in [-0.39, 0.29) is 11.7 Å². The van der Waals surface area contributed by atoms with Crippen molar-refractivity contribution in [3.8, 4) is 17.1 Å². The standard InChI is InChI=1S/C20H20BrClN4O2/c1-13-16(22)5-3-6-17(13)26-19(14-7-9-15(21)10-8-14)24-18(25-26)20(27)23-11-4-12-28-2/h3,5-10H,4,11-12H2,1-2H3,(H,23,27). The van der Waals surface area contributed by atoms with Crippen LogP contribution in [0.4, 0.5) is 0 Å². The van der Waals surface area contributed by atoms with Crippen molar-refractivity contribution >= 4 is 33.4 Å². The van der Waals surface area contributed by atoms with Crippen LogP contribution in [-0.2, 0) is 4.74 Å². The van der Waals surface area contributed by atoms with Crippen molar-refractivity contribution in [3.05, 3.63) is 63.3 Å². The van der Waals surface area contributed by atoms with Gasteiger partial charge < -0.3 is 10.1 Å². The molecule has 0 aliphatic heterocycles. The van der Waals surface area contributed by atoms with Crippen LogP contribution in [-0.4, -0.2) is 40.9 Å². The van der Waals surface area contributed by atoms with Gasteiger partial charge in [-0.3, -0.25) is 4.79 Å². The van der Waals surface area contributed by atoms with E-state index >= 15 is 0 Å². The average molecular weight is 464 g/mol. The number of amides is 1. The summed E-state index contributed by atoms with van der Waals surface area (Å²) in [6.45, 7) is 2.98. The van der Waals surface area contributed by atoms with E-state index in [1.165, 1.54) is 0 Å². The molecule has 0 radical (unpaired) electrons. The summed E-state index contributed by atoms with van der Waals surface area (Å²) in [6, 6.07) is 13.3. The third-order valence-corrected chi connectivity index (χ3v) is 5.13. The Balaban J connectivity index is 2.01. The second-order valence-corrected chi connectivity index (χ2v) is 7.49. The first kappa shape index (κ1) is 20.5. The molecular formula is C20H20BrClN4O2. The number of benzene rings is 2. The molecule has 0 fully saturated rings. The summed E-state index contributed by atoms with van der Waals surface area (Å²) < 4.78 is 7.62. The number of nitrogens with one attached hydrogen (secondary N) is 1. The molecule has 0 aliphatic rings. The summed E-state index contributed by atoms with van der Waals surface area (Å²) in [6.07, 6.45) is 0.718. The fourth-order valence-corrected chi connectivity index (χ4v) is 3.12. The van der Waals surface area contributed by atoms with Gasteiger partial charge in [-0.1, -0.05) is 45.7 Å². The monoisotopic (exact) mass is 462 g/mol. The maximum absolute atomic E-state index is 12.5. The zero-order chi connectivity index (χ0) is 20.1. The Bertz CT molecular complexity index is 973. The molecule has 0 atom stereocenters. The van der Waals surface area contributed by atoms with Crippen LogP contribution in [0.25, 0.3) is 17.1 Å². The molecule has 3 aromatic rings. The lowest BCUT2D eigenvalue weighted by atomic mass is 10.1. The molecule has 28 heavy (non-hydrogen) atoms. The molecular weight excluding hydrogens is 444 g/mol. The highest BCUT2D eigenvalue weighted by atomic mass is 79.9. The number of hydrogen-bond acceptors (Lipinski definition) is 4. The molecule has 0 saturated carbocycles. The molecule has 0 bridgehead atoms. The minimum Gasteiger partial charge on any atom is -0.385 e. The Labute approximate surface area is 177 Å². The second-order valence-electron chi connectivity index (χ2n) is 6.16. The maximum Gasteiger partial charge on any atom is 0.290 e. The zero-order valence-electron chi connectivity index (χ0n) is 15.6. The first-order chi connectivity index (χ1) is 13.5. The minimum absolute atomic E-state index is 0.106. The number of halogens is 2. The van der Waals surface area contributed by atoms with Crippen LogP contribution in [0.3, 0.4) is 0 Å². The number of aromatic nitrogens is 3. The molecule has 0 unspecified atom stereocenters. The molecule has 8 heteroatoms. The molecule has 0 saturated heterocycles. The largest absolute Gasteiger partial charge is 0.385 e. The SMILES string of the molecule is COCCCNC(=O)c1nc(-c2ccc(Br)cc2)n(-c2cccc(Cl)c2C)n1. The molecule has 0 spiro atoms. The van der Waals surface area contributed by atoms with Gasteiger partial charge in [0.25, 0.3) is 5.91 Å². The normalized spacial score (nSPS) is 10.9. The Kier molecular flexibility index (Phi) is 6.83. The van der Waals surface area contributed by atoms with E-state index in [2.05, 4.69) is 31.3 Å². The lowest BCUT2D eigenvalue weighted by molar-refractivity contribution is 0.0938. The fraction of sp³-hybridized carbons (Fsp3) is 0.250. The van der Waals surface area contributed by atoms with Crippen LogP contribution in [0.15, 0.2) is 46.9 Å². The molecule has 6 nitrogen and oxygen atoms in total. The summed E-state index contributed by atoms with van der Waals surface area (Å²) in [4.78, 5) is 17.0. The minimum atomic E-state index is -0.326. The van der Waals surface area contributed by atoms with Crippen molar-refractivity contribution in [2.24, 2.45) is 0 Å². The lowest BCUT2D eigenvalue weighted by Crippen LogP contribution is -2.26. The quantitative estimate of drug-likeness (QED) is 0.527. The predicted octanol–water partition coefficient (Wildman–Crippen LogP) is 4.42. The molecule has 1 heterocycles. The predicted molar refractivity (Wildman–Crippen MR) is 113 cm³/mol. The molecule has 2 aromatic carbocycles. The van der Waals surface area contributed by atoms with E-state index in [0.717, 1.165) is 27.7 Å². The van der Waals surface area contributed by atoms with Gasteiger partial charge in [0.05, 0.1) is 5.69 Å². The van der Waals surface area contributed by atoms with Crippen molar-refractivity contribution in [3.63, 3.8) is 0 Å². The van der Waals surface area contributed by atoms with Crippen LogP contribution in [0.5, 0.6) is 0 Å². The van der Waals surface area contributed by atoms with Crippen molar-refractivity contribution in [2.45, 2.75) is 13.3 Å². The van der Waals surface area contributed by atoms with Gasteiger partial charge in [-0.25, -0.2) is 9.67 Å². The van der Waals surface area contributed by atoms with E-state index < -0.39 is 0 Å². The van der Waals surface area contributed by atoms with Gasteiger partial charge in [0.15, 0.2) is 5.82 Å². The third kappa shape index (κ3) is 4.60. The topological polar surface area (TPSA) is 69.0 Å². The number of carbonyl (C=O) groups excluding carboxylic acids is 1.